The van der Waals surface area contributed by atoms with Crippen molar-refractivity contribution in [3.8, 4) is 11.4 Å². The Labute approximate surface area is 161 Å². The minimum absolute atomic E-state index is 0.706. The van der Waals surface area contributed by atoms with Crippen LogP contribution >= 0.6 is 0 Å². The first-order valence-corrected chi connectivity index (χ1v) is 9.18. The average Bonchev–Trinajstić information content (AvgIpc) is 2.61. The maximum Gasteiger partial charge on any atom is 0.163 e. The number of hydrogen-bond donors (Lipinski definition) is 2. The molecular weight excluding hydrogens is 334 g/mol. The van der Waals surface area contributed by atoms with Gasteiger partial charge in [-0.05, 0) is 51.2 Å². The van der Waals surface area contributed by atoms with Crippen molar-refractivity contribution in [3.63, 3.8) is 0 Å². The number of rotatable bonds is 7. The monoisotopic (exact) mass is 361 g/mol. The first kappa shape index (κ1) is 18.9. The van der Waals surface area contributed by atoms with E-state index < -0.39 is 0 Å². The summed E-state index contributed by atoms with van der Waals surface area (Å²) in [6, 6.07) is 18.4. The van der Waals surface area contributed by atoms with Gasteiger partial charge in [0.05, 0.1) is 0 Å². The highest BCUT2D eigenvalue weighted by Gasteiger charge is 2.08. The lowest BCUT2D eigenvalue weighted by molar-refractivity contribution is 0.425. The van der Waals surface area contributed by atoms with Gasteiger partial charge in [-0.15, -0.1) is 0 Å². The van der Waals surface area contributed by atoms with Gasteiger partial charge in [0.15, 0.2) is 5.82 Å². The second kappa shape index (κ2) is 8.64. The Balaban J connectivity index is 1.91. The van der Waals surface area contributed by atoms with Gasteiger partial charge in [0, 0.05) is 30.4 Å². The molecule has 0 aliphatic carbocycles. The van der Waals surface area contributed by atoms with Gasteiger partial charge < -0.3 is 15.5 Å². The number of nitrogens with zero attached hydrogens (tertiary/aromatic N) is 3. The smallest absolute Gasteiger partial charge is 0.163 e. The summed E-state index contributed by atoms with van der Waals surface area (Å²) >= 11 is 0. The van der Waals surface area contributed by atoms with Crippen LogP contribution in [0.25, 0.3) is 11.4 Å². The third-order valence-electron chi connectivity index (χ3n) is 4.12. The van der Waals surface area contributed by atoms with Gasteiger partial charge in [0.2, 0.25) is 0 Å². The van der Waals surface area contributed by atoms with E-state index in [4.69, 9.17) is 9.97 Å². The zero-order chi connectivity index (χ0) is 19.2. The topological polar surface area (TPSA) is 53.1 Å². The molecule has 0 spiro atoms. The van der Waals surface area contributed by atoms with Crippen LogP contribution in [-0.2, 0) is 0 Å². The normalized spacial score (nSPS) is 10.9. The molecule has 3 rings (SSSR count). The van der Waals surface area contributed by atoms with E-state index in [0.717, 1.165) is 36.0 Å². The average molecular weight is 361 g/mol. The van der Waals surface area contributed by atoms with E-state index >= 15 is 0 Å². The molecule has 2 aromatic carbocycles. The predicted octanol–water partition coefficient (Wildman–Crippen LogP) is 4.48. The highest BCUT2D eigenvalue weighted by atomic mass is 15.1. The van der Waals surface area contributed by atoms with Crippen molar-refractivity contribution in [2.45, 2.75) is 13.8 Å². The Morgan fingerprint density at radius 3 is 2.19 bits per heavy atom. The van der Waals surface area contributed by atoms with Crippen LogP contribution in [0.5, 0.6) is 0 Å². The first-order valence-electron chi connectivity index (χ1n) is 9.18. The minimum Gasteiger partial charge on any atom is -0.369 e. The van der Waals surface area contributed by atoms with Gasteiger partial charge in [0.1, 0.15) is 11.6 Å². The van der Waals surface area contributed by atoms with E-state index in [1.807, 2.05) is 36.4 Å². The summed E-state index contributed by atoms with van der Waals surface area (Å²) in [5, 5.41) is 6.84. The Morgan fingerprint density at radius 1 is 0.852 bits per heavy atom. The first-order chi connectivity index (χ1) is 13.0. The largest absolute Gasteiger partial charge is 0.369 e. The molecule has 140 valence electrons. The summed E-state index contributed by atoms with van der Waals surface area (Å²) < 4.78 is 0. The Bertz CT molecular complexity index is 870. The standard InChI is InChI=1S/C22H27N5/c1-16-12-17(2)14-19(13-16)24-21-15-20(23-10-11-27(3)4)25-22(26-21)18-8-6-5-7-9-18/h5-9,12-15H,10-11H2,1-4H3,(H2,23,24,25,26). The molecule has 2 N–H and O–H groups in total. The Hall–Kier alpha value is -2.92. The zero-order valence-electron chi connectivity index (χ0n) is 16.5. The lowest BCUT2D eigenvalue weighted by atomic mass is 10.1. The molecule has 0 fully saturated rings. The number of aryl methyl sites for hydroxylation is 2. The van der Waals surface area contributed by atoms with Gasteiger partial charge in [-0.3, -0.25) is 0 Å². The molecule has 1 heterocycles. The lowest BCUT2D eigenvalue weighted by Crippen LogP contribution is -2.21. The molecule has 0 bridgehead atoms. The van der Waals surface area contributed by atoms with Gasteiger partial charge in [-0.2, -0.15) is 0 Å². The van der Waals surface area contributed by atoms with E-state index in [1.165, 1.54) is 11.1 Å². The fraction of sp³-hybridized carbons (Fsp3) is 0.273. The number of nitrogens with one attached hydrogen (secondary N) is 2. The van der Waals surface area contributed by atoms with Gasteiger partial charge in [-0.1, -0.05) is 36.4 Å². The van der Waals surface area contributed by atoms with Crippen LogP contribution in [0.3, 0.4) is 0 Å². The van der Waals surface area contributed by atoms with Crippen LogP contribution in [0, 0.1) is 13.8 Å². The van der Waals surface area contributed by atoms with E-state index in [0.29, 0.717) is 5.82 Å². The third kappa shape index (κ3) is 5.53. The molecule has 0 saturated carbocycles. The van der Waals surface area contributed by atoms with E-state index in [9.17, 15) is 0 Å². The Kier molecular flexibility index (Phi) is 6.04. The fourth-order valence-electron chi connectivity index (χ4n) is 2.92. The van der Waals surface area contributed by atoms with Crippen LogP contribution in [-0.4, -0.2) is 42.1 Å². The lowest BCUT2D eigenvalue weighted by Gasteiger charge is -2.14. The van der Waals surface area contributed by atoms with E-state index in [1.54, 1.807) is 0 Å². The third-order valence-corrected chi connectivity index (χ3v) is 4.12. The molecule has 0 atom stereocenters. The quantitative estimate of drug-likeness (QED) is 0.650. The number of likely N-dealkylation sites (N-methyl/N-ethyl adjacent to an activating group) is 1. The molecule has 27 heavy (non-hydrogen) atoms. The van der Waals surface area contributed by atoms with Crippen molar-refractivity contribution in [2.24, 2.45) is 0 Å². The number of anilines is 3. The molecule has 0 amide bonds. The van der Waals surface area contributed by atoms with E-state index in [2.05, 4.69) is 61.7 Å². The molecule has 5 nitrogen and oxygen atoms in total. The second-order valence-corrected chi connectivity index (χ2v) is 7.06. The van der Waals surface area contributed by atoms with Crippen molar-refractivity contribution >= 4 is 17.3 Å². The summed E-state index contributed by atoms with van der Waals surface area (Å²) in [5.41, 5.74) is 4.47. The van der Waals surface area contributed by atoms with Gasteiger partial charge in [-0.25, -0.2) is 9.97 Å². The molecule has 0 unspecified atom stereocenters. The Morgan fingerprint density at radius 2 is 1.52 bits per heavy atom. The van der Waals surface area contributed by atoms with Gasteiger partial charge >= 0.3 is 0 Å². The second-order valence-electron chi connectivity index (χ2n) is 7.06. The maximum absolute atomic E-state index is 4.73. The summed E-state index contributed by atoms with van der Waals surface area (Å²) in [5.74, 6) is 2.30. The SMILES string of the molecule is Cc1cc(C)cc(Nc2cc(NCCN(C)C)nc(-c3ccccc3)n2)c1. The fourth-order valence-corrected chi connectivity index (χ4v) is 2.92. The number of hydrogen-bond acceptors (Lipinski definition) is 5. The van der Waals surface area contributed by atoms with Crippen LogP contribution in [0.4, 0.5) is 17.3 Å². The van der Waals surface area contributed by atoms with Crippen LogP contribution in [0.2, 0.25) is 0 Å². The molecule has 0 saturated heterocycles. The van der Waals surface area contributed by atoms with Crippen molar-refractivity contribution in [2.75, 3.05) is 37.8 Å². The van der Waals surface area contributed by atoms with Crippen molar-refractivity contribution in [1.29, 1.82) is 0 Å². The van der Waals surface area contributed by atoms with Crippen molar-refractivity contribution in [1.82, 2.24) is 14.9 Å². The molecular formula is C22H27N5. The molecule has 0 radical (unpaired) electrons. The van der Waals surface area contributed by atoms with E-state index in [-0.39, 0.29) is 0 Å². The van der Waals surface area contributed by atoms with Crippen LogP contribution < -0.4 is 10.6 Å². The highest BCUT2D eigenvalue weighted by Crippen LogP contribution is 2.23. The summed E-state index contributed by atoms with van der Waals surface area (Å²) in [4.78, 5) is 11.6. The van der Waals surface area contributed by atoms with Crippen LogP contribution in [0.1, 0.15) is 11.1 Å². The summed E-state index contributed by atoms with van der Waals surface area (Å²) in [7, 11) is 4.12. The predicted molar refractivity (Wildman–Crippen MR) is 114 cm³/mol. The molecule has 0 aliphatic rings. The van der Waals surface area contributed by atoms with Crippen LogP contribution in [0.15, 0.2) is 54.6 Å². The minimum atomic E-state index is 0.706. The zero-order valence-corrected chi connectivity index (χ0v) is 16.5. The van der Waals surface area contributed by atoms with Crippen molar-refractivity contribution < 1.29 is 0 Å². The number of benzene rings is 2. The number of aromatic nitrogens is 2. The highest BCUT2D eigenvalue weighted by molar-refractivity contribution is 5.65. The summed E-state index contributed by atoms with van der Waals surface area (Å²) in [6.07, 6.45) is 0. The maximum atomic E-state index is 4.73. The summed E-state index contributed by atoms with van der Waals surface area (Å²) in [6.45, 7) is 5.95. The molecule has 0 aliphatic heterocycles. The van der Waals surface area contributed by atoms with Crippen molar-refractivity contribution in [3.05, 3.63) is 65.7 Å². The van der Waals surface area contributed by atoms with Gasteiger partial charge in [0.25, 0.3) is 0 Å². The molecule has 3 aromatic rings. The molecule has 5 heteroatoms. The molecule has 1 aromatic heterocycles.